The van der Waals surface area contributed by atoms with Gasteiger partial charge in [0, 0.05) is 6.21 Å². The van der Waals surface area contributed by atoms with Crippen molar-refractivity contribution in [2.75, 3.05) is 6.61 Å². The third-order valence-electron chi connectivity index (χ3n) is 3.41. The highest BCUT2D eigenvalue weighted by Crippen LogP contribution is 2.17. The maximum atomic E-state index is 5.69. The highest BCUT2D eigenvalue weighted by Gasteiger charge is 1.98. The summed E-state index contributed by atoms with van der Waals surface area (Å²) in [5.41, 5.74) is 3.43. The third-order valence-corrected chi connectivity index (χ3v) is 3.41. The minimum absolute atomic E-state index is 0.537. The fourth-order valence-corrected chi connectivity index (χ4v) is 2.25. The van der Waals surface area contributed by atoms with Gasteiger partial charge in [-0.05, 0) is 65.8 Å². The second-order valence-corrected chi connectivity index (χ2v) is 6.80. The summed E-state index contributed by atoms with van der Waals surface area (Å²) in [7, 11) is 0. The van der Waals surface area contributed by atoms with Crippen molar-refractivity contribution in [2.45, 2.75) is 34.1 Å². The number of hydrogen-bond acceptors (Lipinski definition) is 2. The van der Waals surface area contributed by atoms with Crippen LogP contribution in [0.2, 0.25) is 0 Å². The van der Waals surface area contributed by atoms with Crippen molar-refractivity contribution in [1.82, 2.24) is 0 Å². The predicted molar refractivity (Wildman–Crippen MR) is 99.0 cm³/mol. The van der Waals surface area contributed by atoms with Crippen LogP contribution in [0, 0.1) is 11.8 Å². The maximum absolute atomic E-state index is 5.69. The van der Waals surface area contributed by atoms with E-state index in [1.165, 1.54) is 5.56 Å². The molecule has 0 aliphatic carbocycles. The first-order valence-corrected chi connectivity index (χ1v) is 8.39. The van der Waals surface area contributed by atoms with Gasteiger partial charge >= 0.3 is 0 Å². The summed E-state index contributed by atoms with van der Waals surface area (Å²) in [5, 5.41) is 0. The Hall–Kier alpha value is -2.09. The number of nitrogens with zero attached hydrogens (tertiary/aromatic N) is 1. The Labute approximate surface area is 140 Å². The molecular formula is C21H27NO. The molecule has 0 bridgehead atoms. The molecule has 23 heavy (non-hydrogen) atoms. The van der Waals surface area contributed by atoms with Crippen molar-refractivity contribution < 1.29 is 4.74 Å². The Morgan fingerprint density at radius 2 is 1.52 bits per heavy atom. The van der Waals surface area contributed by atoms with E-state index in [2.05, 4.69) is 57.0 Å². The van der Waals surface area contributed by atoms with Crippen molar-refractivity contribution in [2.24, 2.45) is 16.8 Å². The van der Waals surface area contributed by atoms with Gasteiger partial charge in [-0.1, -0.05) is 39.8 Å². The topological polar surface area (TPSA) is 21.6 Å². The summed E-state index contributed by atoms with van der Waals surface area (Å²) in [6, 6.07) is 16.5. The molecule has 0 heterocycles. The Morgan fingerprint density at radius 1 is 0.870 bits per heavy atom. The largest absolute Gasteiger partial charge is 0.493 e. The van der Waals surface area contributed by atoms with Gasteiger partial charge < -0.3 is 4.74 Å². The molecule has 2 nitrogen and oxygen atoms in total. The Balaban J connectivity index is 1.94. The smallest absolute Gasteiger partial charge is 0.119 e. The fraction of sp³-hybridized carbons (Fsp3) is 0.381. The quantitative estimate of drug-likeness (QED) is 0.604. The number of hydrogen-bond donors (Lipinski definition) is 0. The Bertz CT molecular complexity index is 609. The molecule has 2 heteroatoms. The van der Waals surface area contributed by atoms with E-state index >= 15 is 0 Å². The molecule has 0 aliphatic heterocycles. The highest BCUT2D eigenvalue weighted by atomic mass is 16.5. The van der Waals surface area contributed by atoms with Crippen LogP contribution in [0.4, 0.5) is 5.69 Å². The third kappa shape index (κ3) is 6.27. The zero-order chi connectivity index (χ0) is 16.7. The van der Waals surface area contributed by atoms with Gasteiger partial charge in [-0.3, -0.25) is 4.99 Å². The standard InChI is InChI=1S/C21H27NO/c1-16(2)13-18-5-9-20(10-6-18)22-14-19-7-11-21(12-8-19)23-15-17(3)4/h5-12,14,16-17H,13,15H2,1-4H3. The second-order valence-electron chi connectivity index (χ2n) is 6.80. The molecule has 0 atom stereocenters. The molecule has 2 aromatic carbocycles. The zero-order valence-electron chi connectivity index (χ0n) is 14.6. The normalized spacial score (nSPS) is 11.6. The van der Waals surface area contributed by atoms with Crippen molar-refractivity contribution in [1.29, 1.82) is 0 Å². The van der Waals surface area contributed by atoms with Crippen molar-refractivity contribution in [3.05, 3.63) is 59.7 Å². The van der Waals surface area contributed by atoms with Crippen LogP contribution in [0.3, 0.4) is 0 Å². The Morgan fingerprint density at radius 3 is 2.09 bits per heavy atom. The lowest BCUT2D eigenvalue weighted by atomic mass is 10.0. The van der Waals surface area contributed by atoms with E-state index in [1.807, 2.05) is 30.5 Å². The van der Waals surface area contributed by atoms with Crippen LogP contribution in [0.1, 0.15) is 38.8 Å². The van der Waals surface area contributed by atoms with Gasteiger partial charge in [0.05, 0.1) is 12.3 Å². The lowest BCUT2D eigenvalue weighted by Crippen LogP contribution is -2.04. The molecule has 0 amide bonds. The summed E-state index contributed by atoms with van der Waals surface area (Å²) in [5.74, 6) is 2.13. The van der Waals surface area contributed by atoms with E-state index in [1.54, 1.807) is 0 Å². The monoisotopic (exact) mass is 309 g/mol. The van der Waals surface area contributed by atoms with Crippen LogP contribution in [0.25, 0.3) is 0 Å². The van der Waals surface area contributed by atoms with Crippen LogP contribution < -0.4 is 4.74 Å². The molecule has 0 radical (unpaired) electrons. The van der Waals surface area contributed by atoms with Crippen LogP contribution >= 0.6 is 0 Å². The average Bonchev–Trinajstić information content (AvgIpc) is 2.53. The minimum Gasteiger partial charge on any atom is -0.493 e. The first kappa shape index (κ1) is 17.3. The molecule has 0 fully saturated rings. The first-order valence-electron chi connectivity index (χ1n) is 8.39. The molecule has 0 unspecified atom stereocenters. The van der Waals surface area contributed by atoms with Crippen molar-refractivity contribution in [3.63, 3.8) is 0 Å². The van der Waals surface area contributed by atoms with Crippen molar-refractivity contribution in [3.8, 4) is 5.75 Å². The van der Waals surface area contributed by atoms with Gasteiger partial charge in [-0.2, -0.15) is 0 Å². The molecular weight excluding hydrogens is 282 g/mol. The lowest BCUT2D eigenvalue weighted by Gasteiger charge is -2.08. The number of benzene rings is 2. The number of aliphatic imine (C=N–C) groups is 1. The van der Waals surface area contributed by atoms with Gasteiger partial charge in [0.25, 0.3) is 0 Å². The van der Waals surface area contributed by atoms with Crippen LogP contribution in [0.15, 0.2) is 53.5 Å². The Kier molecular flexibility index (Phi) is 6.40. The molecule has 0 aliphatic rings. The maximum Gasteiger partial charge on any atom is 0.119 e. The summed E-state index contributed by atoms with van der Waals surface area (Å²) >= 11 is 0. The molecule has 0 N–H and O–H groups in total. The van der Waals surface area contributed by atoms with Crippen molar-refractivity contribution >= 4 is 11.9 Å². The van der Waals surface area contributed by atoms with E-state index in [4.69, 9.17) is 4.74 Å². The van der Waals surface area contributed by atoms with E-state index in [9.17, 15) is 0 Å². The summed E-state index contributed by atoms with van der Waals surface area (Å²) in [4.78, 5) is 4.53. The van der Waals surface area contributed by atoms with Gasteiger partial charge in [0.15, 0.2) is 0 Å². The molecule has 2 rings (SSSR count). The minimum atomic E-state index is 0.537. The molecule has 0 spiro atoms. The second kappa shape index (κ2) is 8.52. The van der Waals surface area contributed by atoms with E-state index in [0.717, 1.165) is 30.0 Å². The van der Waals surface area contributed by atoms with E-state index < -0.39 is 0 Å². The van der Waals surface area contributed by atoms with Crippen LogP contribution in [-0.4, -0.2) is 12.8 Å². The number of ether oxygens (including phenoxy) is 1. The predicted octanol–water partition coefficient (Wildman–Crippen LogP) is 5.67. The summed E-state index contributed by atoms with van der Waals surface area (Å²) < 4.78 is 5.69. The average molecular weight is 309 g/mol. The molecule has 122 valence electrons. The molecule has 0 saturated carbocycles. The zero-order valence-corrected chi connectivity index (χ0v) is 14.6. The van der Waals surface area contributed by atoms with Gasteiger partial charge in [-0.15, -0.1) is 0 Å². The molecule has 0 saturated heterocycles. The number of rotatable bonds is 7. The SMILES string of the molecule is CC(C)COc1ccc(C=Nc2ccc(CC(C)C)cc2)cc1. The summed E-state index contributed by atoms with van der Waals surface area (Å²) in [6.45, 7) is 9.51. The van der Waals surface area contributed by atoms with E-state index in [-0.39, 0.29) is 0 Å². The first-order chi connectivity index (χ1) is 11.0. The van der Waals surface area contributed by atoms with Gasteiger partial charge in [-0.25, -0.2) is 0 Å². The van der Waals surface area contributed by atoms with Crippen LogP contribution in [-0.2, 0) is 6.42 Å². The van der Waals surface area contributed by atoms with E-state index in [0.29, 0.717) is 11.8 Å². The molecule has 2 aromatic rings. The van der Waals surface area contributed by atoms with Gasteiger partial charge in [0.2, 0.25) is 0 Å². The lowest BCUT2D eigenvalue weighted by molar-refractivity contribution is 0.271. The fourth-order valence-electron chi connectivity index (χ4n) is 2.25. The van der Waals surface area contributed by atoms with Crippen LogP contribution in [0.5, 0.6) is 5.75 Å². The molecule has 0 aromatic heterocycles. The highest BCUT2D eigenvalue weighted by molar-refractivity contribution is 5.82. The van der Waals surface area contributed by atoms with Gasteiger partial charge in [0.1, 0.15) is 5.75 Å². The summed E-state index contributed by atoms with van der Waals surface area (Å²) in [6.07, 6.45) is 3.01.